The third-order valence-corrected chi connectivity index (χ3v) is 4.12. The van der Waals surface area contributed by atoms with Crippen LogP contribution in [0.4, 0.5) is 5.69 Å². The monoisotopic (exact) mass is 359 g/mol. The molecule has 1 aliphatic heterocycles. The standard InChI is InChI=1S/C19H21N3O2.ClH/c23-18(14-4-2-1-3-5-14)21-16-8-6-15(7-9-16)19(24)22-17-10-12-20-13-11-17;/h1-9,17,20H,10-13H2,(H,21,23)(H,22,24);1H. The number of piperidine rings is 1. The Labute approximate surface area is 153 Å². The fourth-order valence-corrected chi connectivity index (χ4v) is 2.73. The lowest BCUT2D eigenvalue weighted by Gasteiger charge is -2.23. The zero-order valence-corrected chi connectivity index (χ0v) is 14.6. The molecule has 0 saturated carbocycles. The van der Waals surface area contributed by atoms with Crippen molar-refractivity contribution in [3.63, 3.8) is 0 Å². The van der Waals surface area contributed by atoms with Gasteiger partial charge >= 0.3 is 0 Å². The molecule has 0 spiro atoms. The smallest absolute Gasteiger partial charge is 0.255 e. The maximum atomic E-state index is 12.2. The minimum absolute atomic E-state index is 0. The Bertz CT molecular complexity index is 698. The number of anilines is 1. The number of rotatable bonds is 4. The summed E-state index contributed by atoms with van der Waals surface area (Å²) in [5.74, 6) is -0.231. The van der Waals surface area contributed by atoms with E-state index in [1.54, 1.807) is 36.4 Å². The number of carbonyl (C=O) groups is 2. The molecule has 6 heteroatoms. The van der Waals surface area contributed by atoms with Crippen molar-refractivity contribution < 1.29 is 9.59 Å². The second kappa shape index (κ2) is 9.20. The summed E-state index contributed by atoms with van der Waals surface area (Å²) >= 11 is 0. The lowest BCUT2D eigenvalue weighted by molar-refractivity contribution is 0.0929. The van der Waals surface area contributed by atoms with Gasteiger partial charge in [0.15, 0.2) is 0 Å². The molecule has 0 radical (unpaired) electrons. The highest BCUT2D eigenvalue weighted by Crippen LogP contribution is 2.12. The molecular formula is C19H22ClN3O2. The predicted octanol–water partition coefficient (Wildman–Crippen LogP) is 2.84. The second-order valence-corrected chi connectivity index (χ2v) is 5.90. The summed E-state index contributed by atoms with van der Waals surface area (Å²) in [6.45, 7) is 1.88. The summed E-state index contributed by atoms with van der Waals surface area (Å²) in [5.41, 5.74) is 1.87. The fourth-order valence-electron chi connectivity index (χ4n) is 2.73. The summed E-state index contributed by atoms with van der Waals surface area (Å²) in [5, 5.41) is 9.16. The van der Waals surface area contributed by atoms with Crippen LogP contribution in [0.2, 0.25) is 0 Å². The largest absolute Gasteiger partial charge is 0.349 e. The summed E-state index contributed by atoms with van der Waals surface area (Å²) in [7, 11) is 0. The molecule has 0 bridgehead atoms. The lowest BCUT2D eigenvalue weighted by Crippen LogP contribution is -2.42. The first-order valence-electron chi connectivity index (χ1n) is 8.20. The van der Waals surface area contributed by atoms with Gasteiger partial charge in [-0.3, -0.25) is 9.59 Å². The molecule has 1 fully saturated rings. The van der Waals surface area contributed by atoms with Gasteiger partial charge in [-0.2, -0.15) is 0 Å². The number of carbonyl (C=O) groups excluding carboxylic acids is 2. The maximum Gasteiger partial charge on any atom is 0.255 e. The van der Waals surface area contributed by atoms with Crippen LogP contribution in [0.15, 0.2) is 54.6 Å². The zero-order chi connectivity index (χ0) is 16.8. The van der Waals surface area contributed by atoms with Crippen molar-refractivity contribution in [1.29, 1.82) is 0 Å². The van der Waals surface area contributed by atoms with Gasteiger partial charge in [-0.05, 0) is 62.3 Å². The van der Waals surface area contributed by atoms with Gasteiger partial charge in [0.1, 0.15) is 0 Å². The molecule has 1 aliphatic rings. The number of hydrogen-bond acceptors (Lipinski definition) is 3. The molecule has 1 saturated heterocycles. The number of amides is 2. The Morgan fingerprint density at radius 2 is 1.44 bits per heavy atom. The molecule has 2 aromatic rings. The van der Waals surface area contributed by atoms with E-state index in [4.69, 9.17) is 0 Å². The van der Waals surface area contributed by atoms with E-state index >= 15 is 0 Å². The molecule has 25 heavy (non-hydrogen) atoms. The highest BCUT2D eigenvalue weighted by molar-refractivity contribution is 6.04. The third kappa shape index (κ3) is 5.31. The molecule has 0 aliphatic carbocycles. The molecule has 2 amide bonds. The van der Waals surface area contributed by atoms with Crippen LogP contribution in [0.1, 0.15) is 33.6 Å². The summed E-state index contributed by atoms with van der Waals surface area (Å²) in [6.07, 6.45) is 1.91. The summed E-state index contributed by atoms with van der Waals surface area (Å²) < 4.78 is 0. The average Bonchev–Trinajstić information content (AvgIpc) is 2.64. The zero-order valence-electron chi connectivity index (χ0n) is 13.8. The van der Waals surface area contributed by atoms with Gasteiger partial charge in [0, 0.05) is 22.9 Å². The van der Waals surface area contributed by atoms with Gasteiger partial charge in [0.05, 0.1) is 0 Å². The van der Waals surface area contributed by atoms with Gasteiger partial charge < -0.3 is 16.0 Å². The van der Waals surface area contributed by atoms with Crippen LogP contribution < -0.4 is 16.0 Å². The molecule has 0 aromatic heterocycles. The van der Waals surface area contributed by atoms with Gasteiger partial charge in [-0.1, -0.05) is 18.2 Å². The Kier molecular flexibility index (Phi) is 6.98. The molecular weight excluding hydrogens is 338 g/mol. The first-order chi connectivity index (χ1) is 11.7. The van der Waals surface area contributed by atoms with E-state index in [1.807, 2.05) is 18.2 Å². The number of hydrogen-bond donors (Lipinski definition) is 3. The van der Waals surface area contributed by atoms with Gasteiger partial charge in [-0.25, -0.2) is 0 Å². The molecule has 132 valence electrons. The van der Waals surface area contributed by atoms with Crippen LogP contribution >= 0.6 is 12.4 Å². The molecule has 1 heterocycles. The number of nitrogens with one attached hydrogen (secondary N) is 3. The Balaban J connectivity index is 0.00000225. The highest BCUT2D eigenvalue weighted by Gasteiger charge is 2.16. The quantitative estimate of drug-likeness (QED) is 0.786. The van der Waals surface area contributed by atoms with Crippen molar-refractivity contribution in [2.45, 2.75) is 18.9 Å². The predicted molar refractivity (Wildman–Crippen MR) is 101 cm³/mol. The van der Waals surface area contributed by atoms with Crippen molar-refractivity contribution in [3.8, 4) is 0 Å². The van der Waals surface area contributed by atoms with E-state index < -0.39 is 0 Å². The van der Waals surface area contributed by atoms with Crippen LogP contribution in [0.3, 0.4) is 0 Å². The summed E-state index contributed by atoms with van der Waals surface area (Å²) in [6, 6.07) is 16.2. The first kappa shape index (κ1) is 19.0. The molecule has 3 rings (SSSR count). The van der Waals surface area contributed by atoms with Crippen LogP contribution in [0, 0.1) is 0 Å². The Hall–Kier alpha value is -2.37. The second-order valence-electron chi connectivity index (χ2n) is 5.90. The lowest BCUT2D eigenvalue weighted by atomic mass is 10.1. The first-order valence-corrected chi connectivity index (χ1v) is 8.20. The van der Waals surface area contributed by atoms with Gasteiger partial charge in [-0.15, -0.1) is 12.4 Å². The van der Waals surface area contributed by atoms with Crippen molar-refractivity contribution in [2.75, 3.05) is 18.4 Å². The molecule has 3 N–H and O–H groups in total. The number of halogens is 1. The van der Waals surface area contributed by atoms with Crippen LogP contribution in [0.5, 0.6) is 0 Å². The minimum Gasteiger partial charge on any atom is -0.349 e. The van der Waals surface area contributed by atoms with Crippen molar-refractivity contribution in [3.05, 3.63) is 65.7 Å². The molecule has 2 aromatic carbocycles. The van der Waals surface area contributed by atoms with E-state index in [2.05, 4.69) is 16.0 Å². The maximum absolute atomic E-state index is 12.2. The van der Waals surface area contributed by atoms with Crippen molar-refractivity contribution in [1.82, 2.24) is 10.6 Å². The highest BCUT2D eigenvalue weighted by atomic mass is 35.5. The fraction of sp³-hybridized carbons (Fsp3) is 0.263. The van der Waals surface area contributed by atoms with Gasteiger partial charge in [0.2, 0.25) is 0 Å². The van der Waals surface area contributed by atoms with Gasteiger partial charge in [0.25, 0.3) is 11.8 Å². The summed E-state index contributed by atoms with van der Waals surface area (Å²) in [4.78, 5) is 24.3. The number of benzene rings is 2. The van der Waals surface area contributed by atoms with Crippen LogP contribution in [0.25, 0.3) is 0 Å². The normalized spacial score (nSPS) is 14.2. The topological polar surface area (TPSA) is 70.2 Å². The molecule has 0 unspecified atom stereocenters. The third-order valence-electron chi connectivity index (χ3n) is 4.12. The average molecular weight is 360 g/mol. The van der Waals surface area contributed by atoms with E-state index in [0.29, 0.717) is 16.8 Å². The van der Waals surface area contributed by atoms with Crippen LogP contribution in [-0.2, 0) is 0 Å². The van der Waals surface area contributed by atoms with E-state index in [0.717, 1.165) is 25.9 Å². The van der Waals surface area contributed by atoms with E-state index in [9.17, 15) is 9.59 Å². The SMILES string of the molecule is Cl.O=C(Nc1ccc(C(=O)NC2CCNCC2)cc1)c1ccccc1. The molecule has 5 nitrogen and oxygen atoms in total. The van der Waals surface area contributed by atoms with Crippen LogP contribution in [-0.4, -0.2) is 30.9 Å². The van der Waals surface area contributed by atoms with Crippen molar-refractivity contribution >= 4 is 29.9 Å². The van der Waals surface area contributed by atoms with E-state index in [1.165, 1.54) is 0 Å². The Morgan fingerprint density at radius 3 is 2.08 bits per heavy atom. The van der Waals surface area contributed by atoms with Crippen molar-refractivity contribution in [2.24, 2.45) is 0 Å². The van der Waals surface area contributed by atoms with E-state index in [-0.39, 0.29) is 30.3 Å². The minimum atomic E-state index is -0.164. The molecule has 0 atom stereocenters. The Morgan fingerprint density at radius 1 is 0.840 bits per heavy atom.